The van der Waals surface area contributed by atoms with Crippen molar-refractivity contribution in [2.45, 2.75) is 24.2 Å². The lowest BCUT2D eigenvalue weighted by Gasteiger charge is -2.31. The molecule has 0 radical (unpaired) electrons. The summed E-state index contributed by atoms with van der Waals surface area (Å²) < 4.78 is 59.5. The first kappa shape index (κ1) is 19.5. The number of hydrogen-bond acceptors (Lipinski definition) is 7. The maximum Gasteiger partial charge on any atom is 0.246 e. The third-order valence-corrected chi connectivity index (χ3v) is 6.60. The number of rotatable bonds is 5. The van der Waals surface area contributed by atoms with Crippen LogP contribution in [0.25, 0.3) is 11.5 Å². The molecule has 3 aromatic rings. The first-order valence-electron chi connectivity index (χ1n) is 8.97. The first-order valence-corrected chi connectivity index (χ1v) is 10.4. The molecule has 3 heterocycles. The first-order chi connectivity index (χ1) is 13.9. The Hall–Kier alpha value is -2.79. The summed E-state index contributed by atoms with van der Waals surface area (Å²) in [5.41, 5.74) is 0.469. The van der Waals surface area contributed by atoms with Gasteiger partial charge in [-0.1, -0.05) is 5.16 Å². The van der Waals surface area contributed by atoms with Crippen LogP contribution in [0.4, 0.5) is 8.78 Å². The summed E-state index contributed by atoms with van der Waals surface area (Å²) in [5.74, 6) is -1.22. The quantitative estimate of drug-likeness (QED) is 0.623. The zero-order chi connectivity index (χ0) is 20.4. The van der Waals surface area contributed by atoms with Crippen LogP contribution in [0.3, 0.4) is 0 Å². The maximum atomic E-state index is 14.0. The van der Waals surface area contributed by atoms with Crippen LogP contribution in [-0.4, -0.2) is 45.9 Å². The number of aromatic nitrogens is 4. The van der Waals surface area contributed by atoms with Gasteiger partial charge >= 0.3 is 0 Å². The molecule has 2 aromatic heterocycles. The van der Waals surface area contributed by atoms with Gasteiger partial charge in [-0.15, -0.1) is 0 Å². The molecule has 1 saturated heterocycles. The monoisotopic (exact) mass is 421 g/mol. The summed E-state index contributed by atoms with van der Waals surface area (Å²) in [7, 11) is -4.14. The SMILES string of the molecule is O=S(=O)(c1cc(F)ccc1F)N1CCCC(Cc2nc(-c3cnccn3)no2)C1. The molecule has 0 bridgehead atoms. The molecular formula is C18H17F2N5O3S. The Morgan fingerprint density at radius 1 is 1.24 bits per heavy atom. The van der Waals surface area contributed by atoms with Crippen LogP contribution in [0, 0.1) is 17.6 Å². The van der Waals surface area contributed by atoms with Crippen LogP contribution in [-0.2, 0) is 16.4 Å². The average molecular weight is 421 g/mol. The standard InChI is InChI=1S/C18H17F2N5O3S/c19-13-3-4-14(20)16(9-13)29(26,27)25-7-1-2-12(11-25)8-17-23-18(24-28-17)15-10-21-5-6-22-15/h3-6,9-10,12H,1-2,7-8,11H2. The number of hydrogen-bond donors (Lipinski definition) is 0. The predicted molar refractivity (Wildman–Crippen MR) is 96.9 cm³/mol. The summed E-state index contributed by atoms with van der Waals surface area (Å²) in [6.45, 7) is 0.393. The molecule has 8 nitrogen and oxygen atoms in total. The van der Waals surface area contributed by atoms with E-state index < -0.39 is 26.6 Å². The molecule has 152 valence electrons. The van der Waals surface area contributed by atoms with E-state index in [-0.39, 0.29) is 19.0 Å². The number of piperidine rings is 1. The second kappa shape index (κ2) is 7.91. The van der Waals surface area contributed by atoms with Crippen LogP contribution in [0.1, 0.15) is 18.7 Å². The van der Waals surface area contributed by atoms with E-state index in [4.69, 9.17) is 4.52 Å². The average Bonchev–Trinajstić information content (AvgIpc) is 3.19. The molecule has 1 atom stereocenters. The van der Waals surface area contributed by atoms with Crippen molar-refractivity contribution in [2.24, 2.45) is 5.92 Å². The second-order valence-corrected chi connectivity index (χ2v) is 8.66. The molecule has 1 aromatic carbocycles. The van der Waals surface area contributed by atoms with Crippen molar-refractivity contribution >= 4 is 10.0 Å². The topological polar surface area (TPSA) is 102 Å². The largest absolute Gasteiger partial charge is 0.339 e. The molecule has 29 heavy (non-hydrogen) atoms. The van der Waals surface area contributed by atoms with E-state index in [0.29, 0.717) is 36.3 Å². The molecule has 1 aliphatic rings. The minimum absolute atomic E-state index is 0.0923. The molecule has 0 spiro atoms. The Balaban J connectivity index is 1.49. The van der Waals surface area contributed by atoms with Crippen LogP contribution >= 0.6 is 0 Å². The minimum Gasteiger partial charge on any atom is -0.339 e. The lowest BCUT2D eigenvalue weighted by Crippen LogP contribution is -2.40. The normalized spacial score (nSPS) is 18.1. The highest BCUT2D eigenvalue weighted by atomic mass is 32.2. The van der Waals surface area contributed by atoms with E-state index in [1.165, 1.54) is 22.9 Å². The predicted octanol–water partition coefficient (Wildman–Crippen LogP) is 2.45. The molecule has 0 N–H and O–H groups in total. The summed E-state index contributed by atoms with van der Waals surface area (Å²) in [6, 6.07) is 2.41. The number of benzene rings is 1. The van der Waals surface area contributed by atoms with E-state index in [1.807, 2.05) is 0 Å². The Morgan fingerprint density at radius 3 is 2.90 bits per heavy atom. The fourth-order valence-electron chi connectivity index (χ4n) is 3.33. The van der Waals surface area contributed by atoms with Crippen molar-refractivity contribution < 1.29 is 21.7 Å². The molecule has 1 aliphatic heterocycles. The Labute approximate surface area is 165 Å². The van der Waals surface area contributed by atoms with Crippen molar-refractivity contribution in [1.82, 2.24) is 24.4 Å². The van der Waals surface area contributed by atoms with Gasteiger partial charge in [0, 0.05) is 31.9 Å². The summed E-state index contributed by atoms with van der Waals surface area (Å²) >= 11 is 0. The fraction of sp³-hybridized carbons (Fsp3) is 0.333. The van der Waals surface area contributed by atoms with Crippen molar-refractivity contribution in [2.75, 3.05) is 13.1 Å². The molecule has 1 fully saturated rings. The minimum atomic E-state index is -4.14. The van der Waals surface area contributed by atoms with Gasteiger partial charge in [-0.25, -0.2) is 22.2 Å². The lowest BCUT2D eigenvalue weighted by molar-refractivity contribution is 0.246. The second-order valence-electron chi connectivity index (χ2n) is 6.75. The molecule has 0 aliphatic carbocycles. The van der Waals surface area contributed by atoms with Gasteiger partial charge < -0.3 is 4.52 Å². The van der Waals surface area contributed by atoms with Crippen molar-refractivity contribution in [1.29, 1.82) is 0 Å². The van der Waals surface area contributed by atoms with Gasteiger partial charge in [-0.05, 0) is 37.0 Å². The Kier molecular flexibility index (Phi) is 5.33. The molecule has 0 amide bonds. The third kappa shape index (κ3) is 4.15. The molecule has 1 unspecified atom stereocenters. The van der Waals surface area contributed by atoms with Crippen LogP contribution in [0.15, 0.2) is 46.2 Å². The summed E-state index contributed by atoms with van der Waals surface area (Å²) in [5, 5.41) is 3.88. The van der Waals surface area contributed by atoms with Crippen LogP contribution < -0.4 is 0 Å². The zero-order valence-electron chi connectivity index (χ0n) is 15.2. The van der Waals surface area contributed by atoms with Gasteiger partial charge in [0.25, 0.3) is 0 Å². The van der Waals surface area contributed by atoms with E-state index >= 15 is 0 Å². The van der Waals surface area contributed by atoms with Crippen molar-refractivity contribution in [3.8, 4) is 11.5 Å². The van der Waals surface area contributed by atoms with E-state index in [2.05, 4.69) is 20.1 Å². The van der Waals surface area contributed by atoms with E-state index in [9.17, 15) is 17.2 Å². The summed E-state index contributed by atoms with van der Waals surface area (Å²) in [4.78, 5) is 11.7. The lowest BCUT2D eigenvalue weighted by atomic mass is 9.96. The van der Waals surface area contributed by atoms with Gasteiger partial charge in [-0.3, -0.25) is 4.98 Å². The Morgan fingerprint density at radius 2 is 2.10 bits per heavy atom. The van der Waals surface area contributed by atoms with Gasteiger partial charge in [0.15, 0.2) is 0 Å². The molecule has 0 saturated carbocycles. The van der Waals surface area contributed by atoms with Gasteiger partial charge in [0.2, 0.25) is 21.7 Å². The number of halogens is 2. The third-order valence-electron chi connectivity index (χ3n) is 4.72. The van der Waals surface area contributed by atoms with Crippen molar-refractivity contribution in [3.63, 3.8) is 0 Å². The fourth-order valence-corrected chi connectivity index (χ4v) is 4.96. The van der Waals surface area contributed by atoms with E-state index in [0.717, 1.165) is 18.6 Å². The highest BCUT2D eigenvalue weighted by Crippen LogP contribution is 2.27. The zero-order valence-corrected chi connectivity index (χ0v) is 16.0. The number of sulfonamides is 1. The van der Waals surface area contributed by atoms with Crippen LogP contribution in [0.2, 0.25) is 0 Å². The highest BCUT2D eigenvalue weighted by molar-refractivity contribution is 7.89. The smallest absolute Gasteiger partial charge is 0.246 e. The number of nitrogens with zero attached hydrogens (tertiary/aromatic N) is 5. The van der Waals surface area contributed by atoms with Gasteiger partial charge in [0.1, 0.15) is 22.2 Å². The molecule has 4 rings (SSSR count). The highest BCUT2D eigenvalue weighted by Gasteiger charge is 2.33. The summed E-state index contributed by atoms with van der Waals surface area (Å²) in [6.07, 6.45) is 6.26. The van der Waals surface area contributed by atoms with E-state index in [1.54, 1.807) is 0 Å². The van der Waals surface area contributed by atoms with Gasteiger partial charge in [0.05, 0.1) is 6.20 Å². The molecular weight excluding hydrogens is 404 g/mol. The van der Waals surface area contributed by atoms with Gasteiger partial charge in [-0.2, -0.15) is 9.29 Å². The molecule has 11 heteroatoms. The van der Waals surface area contributed by atoms with Crippen LogP contribution in [0.5, 0.6) is 0 Å². The Bertz CT molecular complexity index is 1110. The van der Waals surface area contributed by atoms with Crippen molar-refractivity contribution in [3.05, 3.63) is 54.3 Å². The maximum absolute atomic E-state index is 14.0.